The molecule has 0 bridgehead atoms. The molecule has 2 atom stereocenters. The number of nitrogens with zero attached hydrogens (tertiary/aromatic N) is 3. The molecule has 5 nitrogen and oxygen atoms in total. The van der Waals surface area contributed by atoms with E-state index in [2.05, 4.69) is 21.1 Å². The summed E-state index contributed by atoms with van der Waals surface area (Å²) in [5, 5.41) is 3.94. The van der Waals surface area contributed by atoms with Crippen molar-refractivity contribution in [2.75, 3.05) is 27.2 Å². The third-order valence-corrected chi connectivity index (χ3v) is 5.82. The van der Waals surface area contributed by atoms with E-state index in [1.54, 1.807) is 14.1 Å². The third-order valence-electron chi connectivity index (χ3n) is 5.35. The maximum absolute atomic E-state index is 12.9. The van der Waals surface area contributed by atoms with Crippen molar-refractivity contribution in [2.45, 2.75) is 37.6 Å². The first kappa shape index (κ1) is 21.1. The van der Waals surface area contributed by atoms with Gasteiger partial charge in [0.15, 0.2) is 0 Å². The maximum atomic E-state index is 12.9. The monoisotopic (exact) mass is 461 g/mol. The van der Waals surface area contributed by atoms with E-state index in [0.29, 0.717) is 24.6 Å². The lowest BCUT2D eigenvalue weighted by molar-refractivity contribution is -0.137. The number of hydrogen-bond donors (Lipinski definition) is 0. The molecule has 1 aromatic carbocycles. The smallest absolute Gasteiger partial charge is 0.391 e. The average Bonchev–Trinajstić information content (AvgIpc) is 3.08. The minimum atomic E-state index is -4.39. The maximum Gasteiger partial charge on any atom is 0.416 e. The van der Waals surface area contributed by atoms with Crippen molar-refractivity contribution in [1.29, 1.82) is 0 Å². The van der Waals surface area contributed by atoms with Gasteiger partial charge in [-0.1, -0.05) is 17.3 Å². The lowest BCUT2D eigenvalue weighted by Gasteiger charge is -2.39. The molecule has 1 fully saturated rings. The van der Waals surface area contributed by atoms with Gasteiger partial charge in [0.2, 0.25) is 5.91 Å². The molecule has 1 aromatic rings. The van der Waals surface area contributed by atoms with Crippen LogP contribution in [0.15, 0.2) is 29.4 Å². The van der Waals surface area contributed by atoms with E-state index in [0.717, 1.165) is 36.0 Å². The predicted octanol–water partition coefficient (Wildman–Crippen LogP) is 4.04. The summed E-state index contributed by atoms with van der Waals surface area (Å²) in [6.07, 6.45) is -1.90. The molecule has 2 aliphatic heterocycles. The number of likely N-dealkylation sites (tertiary alicyclic amines) is 1. The van der Waals surface area contributed by atoms with Crippen LogP contribution in [0.5, 0.6) is 0 Å². The number of alkyl halides is 3. The van der Waals surface area contributed by atoms with Crippen molar-refractivity contribution < 1.29 is 22.8 Å². The number of halogens is 4. The first-order valence-corrected chi connectivity index (χ1v) is 9.96. The Morgan fingerprint density at radius 3 is 2.32 bits per heavy atom. The van der Waals surface area contributed by atoms with Gasteiger partial charge in [0.05, 0.1) is 5.56 Å². The van der Waals surface area contributed by atoms with Crippen LogP contribution in [0.2, 0.25) is 0 Å². The molecule has 2 aliphatic rings. The number of oxime groups is 1. The highest BCUT2D eigenvalue weighted by Gasteiger charge is 2.37. The predicted molar refractivity (Wildman–Crippen MR) is 103 cm³/mol. The van der Waals surface area contributed by atoms with E-state index in [1.807, 2.05) is 4.90 Å². The van der Waals surface area contributed by atoms with Gasteiger partial charge in [-0.25, -0.2) is 0 Å². The second kappa shape index (κ2) is 8.41. The molecule has 9 heteroatoms. The van der Waals surface area contributed by atoms with Crippen molar-refractivity contribution in [3.05, 3.63) is 35.4 Å². The minimum absolute atomic E-state index is 0.0468. The second-order valence-electron chi connectivity index (χ2n) is 7.44. The zero-order valence-corrected chi connectivity index (χ0v) is 17.3. The summed E-state index contributed by atoms with van der Waals surface area (Å²) < 4.78 is 39.4. The quantitative estimate of drug-likeness (QED) is 0.679. The highest BCUT2D eigenvalue weighted by atomic mass is 79.9. The van der Waals surface area contributed by atoms with Gasteiger partial charge in [-0.3, -0.25) is 9.69 Å². The van der Waals surface area contributed by atoms with Crippen LogP contribution >= 0.6 is 15.9 Å². The summed E-state index contributed by atoms with van der Waals surface area (Å²) in [4.78, 5) is 21.8. The fourth-order valence-electron chi connectivity index (χ4n) is 3.78. The molecule has 3 rings (SSSR count). The first-order valence-electron chi connectivity index (χ1n) is 9.17. The van der Waals surface area contributed by atoms with E-state index >= 15 is 0 Å². The molecule has 0 radical (unpaired) electrons. The Morgan fingerprint density at radius 1 is 1.25 bits per heavy atom. The number of amides is 1. The number of carbonyl (C=O) groups excluding carboxylic acids is 1. The van der Waals surface area contributed by atoms with Crippen molar-refractivity contribution in [2.24, 2.45) is 11.1 Å². The van der Waals surface area contributed by atoms with Gasteiger partial charge < -0.3 is 9.74 Å². The third kappa shape index (κ3) is 4.68. The van der Waals surface area contributed by atoms with Crippen molar-refractivity contribution in [3.63, 3.8) is 0 Å². The molecular weight excluding hydrogens is 439 g/mol. The highest BCUT2D eigenvalue weighted by molar-refractivity contribution is 9.18. The molecule has 1 unspecified atom stereocenters. The van der Waals surface area contributed by atoms with Gasteiger partial charge in [-0.15, -0.1) is 0 Å². The van der Waals surface area contributed by atoms with Gasteiger partial charge in [-0.2, -0.15) is 13.2 Å². The van der Waals surface area contributed by atoms with Gasteiger partial charge in [-0.05, 0) is 59.6 Å². The van der Waals surface area contributed by atoms with Gasteiger partial charge in [0.25, 0.3) is 0 Å². The number of likely N-dealkylation sites (N-methyl/N-ethyl adjacent to an activating group) is 1. The van der Waals surface area contributed by atoms with Crippen LogP contribution in [0.1, 0.15) is 36.4 Å². The molecular formula is C19H23BrF3N3O2. The molecule has 1 saturated heterocycles. The van der Waals surface area contributed by atoms with Crippen molar-refractivity contribution >= 4 is 26.5 Å². The SMILES string of the molecule is CN(C)C(=O)C(c1ccc(C(F)(F)F)cc1)N1CCC([C@@H]2CC(Br)=NO2)CC1. The Kier molecular flexibility index (Phi) is 6.34. The van der Waals surface area contributed by atoms with Crippen LogP contribution in [0.3, 0.4) is 0 Å². The van der Waals surface area contributed by atoms with E-state index in [9.17, 15) is 18.0 Å². The fraction of sp³-hybridized carbons (Fsp3) is 0.579. The summed E-state index contributed by atoms with van der Waals surface area (Å²) in [5.74, 6) is 0.208. The Bertz CT molecular complexity index is 729. The zero-order valence-electron chi connectivity index (χ0n) is 15.7. The summed E-state index contributed by atoms with van der Waals surface area (Å²) in [6.45, 7) is 1.35. The molecule has 1 amide bonds. The zero-order chi connectivity index (χ0) is 20.5. The molecule has 0 N–H and O–H groups in total. The fourth-order valence-corrected chi connectivity index (χ4v) is 4.18. The molecule has 0 aliphatic carbocycles. The van der Waals surface area contributed by atoms with Gasteiger partial charge >= 0.3 is 6.18 Å². The van der Waals surface area contributed by atoms with Crippen LogP contribution in [0, 0.1) is 5.92 Å². The summed E-state index contributed by atoms with van der Waals surface area (Å²) in [5.41, 5.74) is -0.136. The number of rotatable bonds is 4. The Hall–Kier alpha value is -1.61. The van der Waals surface area contributed by atoms with E-state index in [1.165, 1.54) is 17.0 Å². The van der Waals surface area contributed by atoms with Crippen molar-refractivity contribution in [1.82, 2.24) is 9.80 Å². The topological polar surface area (TPSA) is 45.1 Å². The standard InChI is InChI=1S/C19H23BrF3N3O2/c1-25(2)18(27)17(13-3-5-14(6-4-13)19(21,22)23)26-9-7-12(8-10-26)15-11-16(20)24-28-15/h3-6,12,15,17H,7-11H2,1-2H3/t15-,17?/m0/s1. The Labute approximate surface area is 170 Å². The Morgan fingerprint density at radius 2 is 1.86 bits per heavy atom. The molecule has 28 heavy (non-hydrogen) atoms. The van der Waals surface area contributed by atoms with Crippen LogP contribution in [0.25, 0.3) is 0 Å². The summed E-state index contributed by atoms with van der Waals surface area (Å²) in [6, 6.07) is 4.31. The normalized spacial score (nSPS) is 22.5. The van der Waals surface area contributed by atoms with E-state index < -0.39 is 17.8 Å². The number of carbonyl (C=O) groups is 1. The largest absolute Gasteiger partial charge is 0.416 e. The van der Waals surface area contributed by atoms with Crippen LogP contribution < -0.4 is 0 Å². The number of benzene rings is 1. The summed E-state index contributed by atoms with van der Waals surface area (Å²) in [7, 11) is 3.32. The van der Waals surface area contributed by atoms with E-state index in [-0.39, 0.29) is 12.0 Å². The van der Waals surface area contributed by atoms with E-state index in [4.69, 9.17) is 4.84 Å². The van der Waals surface area contributed by atoms with Crippen LogP contribution in [-0.2, 0) is 15.8 Å². The molecule has 154 valence electrons. The Balaban J connectivity index is 1.73. The lowest BCUT2D eigenvalue weighted by atomic mass is 9.88. The highest BCUT2D eigenvalue weighted by Crippen LogP contribution is 2.35. The molecule has 2 heterocycles. The minimum Gasteiger partial charge on any atom is -0.391 e. The number of piperidine rings is 1. The van der Waals surface area contributed by atoms with Crippen molar-refractivity contribution in [3.8, 4) is 0 Å². The molecule has 0 saturated carbocycles. The second-order valence-corrected chi connectivity index (χ2v) is 8.36. The van der Waals surface area contributed by atoms with Crippen LogP contribution in [0.4, 0.5) is 13.2 Å². The number of hydrogen-bond acceptors (Lipinski definition) is 4. The first-order chi connectivity index (χ1) is 13.2. The summed E-state index contributed by atoms with van der Waals surface area (Å²) >= 11 is 3.35. The van der Waals surface area contributed by atoms with Gasteiger partial charge in [0, 0.05) is 26.4 Å². The average molecular weight is 462 g/mol. The van der Waals surface area contributed by atoms with Crippen LogP contribution in [-0.4, -0.2) is 53.6 Å². The molecule has 0 spiro atoms. The van der Waals surface area contributed by atoms with Gasteiger partial charge in [0.1, 0.15) is 16.8 Å². The lowest BCUT2D eigenvalue weighted by Crippen LogP contribution is -2.45. The molecule has 0 aromatic heterocycles.